The highest BCUT2D eigenvalue weighted by molar-refractivity contribution is 6.93. The lowest BCUT2D eigenvalue weighted by atomic mass is 11.8. The van der Waals surface area contributed by atoms with E-state index in [1.807, 2.05) is 6.55 Å². The molecule has 0 saturated heterocycles. The van der Waals surface area contributed by atoms with Gasteiger partial charge in [0.05, 0.1) is 0 Å². The largest absolute Gasteiger partial charge is 0.437 e. The van der Waals surface area contributed by atoms with Crippen molar-refractivity contribution >= 4 is 95.1 Å². The molecule has 0 aromatic carbocycles. The quantitative estimate of drug-likeness (QED) is 0.113. The van der Waals surface area contributed by atoms with Crippen molar-refractivity contribution in [2.75, 3.05) is 0 Å². The topological polar surface area (TPSA) is 92.3 Å². The molecule has 0 aliphatic carbocycles. The van der Waals surface area contributed by atoms with Crippen LogP contribution in [0, 0.1) is 0 Å². The van der Waals surface area contributed by atoms with E-state index in [4.69, 9.17) is 41.2 Å². The van der Waals surface area contributed by atoms with E-state index >= 15 is 0 Å². The van der Waals surface area contributed by atoms with Crippen LogP contribution < -0.4 is 0 Å². The summed E-state index contributed by atoms with van der Waals surface area (Å²) in [5.74, 6) is 0. The van der Waals surface area contributed by atoms with Gasteiger partial charge in [-0.15, -0.1) is 0 Å². The van der Waals surface area contributed by atoms with Crippen LogP contribution in [0.4, 0.5) is 0 Å². The summed E-state index contributed by atoms with van der Waals surface area (Å²) in [7, 11) is -24.1. The zero-order valence-electron chi connectivity index (χ0n) is 31.6. The zero-order chi connectivity index (χ0) is 34.8. The first kappa shape index (κ1) is 45.0. The van der Waals surface area contributed by atoms with Crippen LogP contribution in [0.2, 0.25) is 144 Å². The molecular weight excluding hydrogens is 733 g/mol. The lowest BCUT2D eigenvalue weighted by Crippen LogP contribution is -2.62. The van der Waals surface area contributed by atoms with Crippen molar-refractivity contribution in [3.05, 3.63) is 0 Å². The van der Waals surface area contributed by atoms with Gasteiger partial charge in [0, 0.05) is 0 Å². The molecule has 0 fully saturated rings. The van der Waals surface area contributed by atoms with Crippen LogP contribution >= 0.6 is 0 Å². The number of rotatable bonds is 20. The molecule has 0 atom stereocenters. The Hall–Kier alpha value is 1.99. The first-order valence-electron chi connectivity index (χ1n) is 15.1. The Bertz CT molecular complexity index is 892. The summed E-state index contributed by atoms with van der Waals surface area (Å²) in [4.78, 5) is 0. The number of hydrogen-bond acceptors (Lipinski definition) is 10. The van der Waals surface area contributed by atoms with Gasteiger partial charge >= 0.3 is 77.0 Å². The minimum Gasteiger partial charge on any atom is -0.437 e. The smallest absolute Gasteiger partial charge is 0.314 e. The Morgan fingerprint density at radius 3 is 0.581 bits per heavy atom. The van der Waals surface area contributed by atoms with E-state index in [0.29, 0.717) is 9.76 Å². The van der Waals surface area contributed by atoms with E-state index in [2.05, 4.69) is 137 Å². The Balaban J connectivity index is 5.46. The van der Waals surface area contributed by atoms with Gasteiger partial charge in [-0.3, -0.25) is 0 Å². The molecule has 0 rings (SSSR count). The minimum atomic E-state index is -2.66. The molecule has 2 radical (unpaired) electrons. The minimum absolute atomic E-state index is 0.393. The van der Waals surface area contributed by atoms with Gasteiger partial charge in [-0.2, -0.15) is 0 Å². The second-order valence-electron chi connectivity index (χ2n) is 15.9. The second-order valence-corrected chi connectivity index (χ2v) is 53.9. The van der Waals surface area contributed by atoms with E-state index in [1.54, 1.807) is 0 Å². The Labute approximate surface area is 278 Å². The molecule has 21 heteroatoms. The molecule has 43 heavy (non-hydrogen) atoms. The van der Waals surface area contributed by atoms with Gasteiger partial charge in [0.2, 0.25) is 9.76 Å². The van der Waals surface area contributed by atoms with Gasteiger partial charge in [0.15, 0.2) is 8.32 Å². The maximum atomic E-state index is 6.74. The molecule has 10 nitrogen and oxygen atoms in total. The van der Waals surface area contributed by atoms with Crippen molar-refractivity contribution in [1.29, 1.82) is 0 Å². The van der Waals surface area contributed by atoms with E-state index in [1.165, 1.54) is 0 Å². The van der Waals surface area contributed by atoms with Gasteiger partial charge in [0.25, 0.3) is 0 Å². The summed E-state index contributed by atoms with van der Waals surface area (Å²) in [6.07, 6.45) is 0. The van der Waals surface area contributed by atoms with Crippen LogP contribution in [0.3, 0.4) is 0 Å². The standard InChI is InChI=1S/C22H66O10Si11/c1-33-23-35(5,6)25-37(9,10)27-39(13,14)29-41(17,18)31-43(21,22)32-42(19,20)30-40(15,16)28-38(11,12)26-36(7,8)24-34(2,3)4/h1-22H3. The predicted octanol–water partition coefficient (Wildman–Crippen LogP) is 7.97. The molecule has 258 valence electrons. The number of hydrogen-bond donors (Lipinski definition) is 0. The maximum Gasteiger partial charge on any atom is 0.314 e. The van der Waals surface area contributed by atoms with E-state index in [0.717, 1.165) is 0 Å². The molecule has 0 spiro atoms. The van der Waals surface area contributed by atoms with Crippen LogP contribution in [0.15, 0.2) is 0 Å². The van der Waals surface area contributed by atoms with Crippen LogP contribution in [0.5, 0.6) is 0 Å². The average molecular weight is 800 g/mol. The van der Waals surface area contributed by atoms with Crippen molar-refractivity contribution in [2.45, 2.75) is 144 Å². The monoisotopic (exact) mass is 798 g/mol. The fourth-order valence-electron chi connectivity index (χ4n) is 5.91. The van der Waals surface area contributed by atoms with Crippen molar-refractivity contribution in [1.82, 2.24) is 0 Å². The molecule has 0 amide bonds. The third kappa shape index (κ3) is 21.5. The molecule has 0 aliphatic heterocycles. The first-order valence-corrected chi connectivity index (χ1v) is 45.2. The highest BCUT2D eigenvalue weighted by Crippen LogP contribution is 2.30. The van der Waals surface area contributed by atoms with Crippen LogP contribution in [0.25, 0.3) is 0 Å². The Kier molecular flexibility index (Phi) is 16.0. The normalized spacial score (nSPS) is 15.8. The lowest BCUT2D eigenvalue weighted by Gasteiger charge is -2.44. The summed E-state index contributed by atoms with van der Waals surface area (Å²) in [5.41, 5.74) is 0. The molecule has 0 heterocycles. The summed E-state index contributed by atoms with van der Waals surface area (Å²) < 4.78 is 65.6. The summed E-state index contributed by atoms with van der Waals surface area (Å²) in [6.45, 7) is 45.9. The van der Waals surface area contributed by atoms with Crippen LogP contribution in [-0.2, 0) is 41.2 Å². The summed E-state index contributed by atoms with van der Waals surface area (Å²) in [6, 6.07) is 0. The molecule has 0 saturated carbocycles. The highest BCUT2D eigenvalue weighted by atomic mass is 28.5. The van der Waals surface area contributed by atoms with Gasteiger partial charge in [-0.1, -0.05) is 0 Å². The third-order valence-corrected chi connectivity index (χ3v) is 43.5. The SMILES string of the molecule is C[Si]O[Si](C)(C)O[Si](C)(C)O[Si](C)(C)O[Si](C)(C)O[Si](C)(C)O[Si](C)(C)O[Si](C)(C)O[Si](C)(C)O[Si](C)(C)O[Si](C)(C)C. The first-order chi connectivity index (χ1) is 18.4. The van der Waals surface area contributed by atoms with Gasteiger partial charge < -0.3 is 41.2 Å². The second kappa shape index (κ2) is 15.3. The lowest BCUT2D eigenvalue weighted by molar-refractivity contribution is 0.255. The zero-order valence-corrected chi connectivity index (χ0v) is 42.6. The highest BCUT2D eigenvalue weighted by Gasteiger charge is 2.50. The Morgan fingerprint density at radius 1 is 0.256 bits per heavy atom. The molecule has 0 unspecified atom stereocenters. The molecule has 0 bridgehead atoms. The van der Waals surface area contributed by atoms with E-state index < -0.39 is 85.4 Å². The molecule has 0 N–H and O–H groups in total. The van der Waals surface area contributed by atoms with Gasteiger partial charge in [-0.25, -0.2) is 0 Å². The summed E-state index contributed by atoms with van der Waals surface area (Å²) in [5, 5.41) is 0. The van der Waals surface area contributed by atoms with Crippen molar-refractivity contribution in [2.24, 2.45) is 0 Å². The molecule has 0 aromatic rings. The van der Waals surface area contributed by atoms with E-state index in [9.17, 15) is 0 Å². The fraction of sp³-hybridized carbons (Fsp3) is 1.00. The predicted molar refractivity (Wildman–Crippen MR) is 203 cm³/mol. The maximum absolute atomic E-state index is 6.74. The average Bonchev–Trinajstić information content (AvgIpc) is 2.48. The Morgan fingerprint density at radius 2 is 0.419 bits per heavy atom. The molecule has 0 aromatic heterocycles. The van der Waals surface area contributed by atoms with E-state index in [-0.39, 0.29) is 0 Å². The third-order valence-electron chi connectivity index (χ3n) is 4.83. The van der Waals surface area contributed by atoms with Gasteiger partial charge in [-0.05, 0) is 144 Å². The van der Waals surface area contributed by atoms with Crippen molar-refractivity contribution in [3.8, 4) is 0 Å². The fourth-order valence-corrected chi connectivity index (χ4v) is 56.5. The van der Waals surface area contributed by atoms with Gasteiger partial charge in [0.1, 0.15) is 0 Å². The van der Waals surface area contributed by atoms with Crippen molar-refractivity contribution in [3.63, 3.8) is 0 Å². The van der Waals surface area contributed by atoms with Crippen molar-refractivity contribution < 1.29 is 41.2 Å². The van der Waals surface area contributed by atoms with Crippen LogP contribution in [-0.4, -0.2) is 95.1 Å². The molecule has 0 aliphatic rings. The van der Waals surface area contributed by atoms with Crippen LogP contribution in [0.1, 0.15) is 0 Å². The molecular formula is C22H66O10Si11. The summed E-state index contributed by atoms with van der Waals surface area (Å²) >= 11 is 0.